The van der Waals surface area contributed by atoms with Crippen molar-refractivity contribution < 1.29 is 10.2 Å². The van der Waals surface area contributed by atoms with E-state index in [9.17, 15) is 10.2 Å². The fourth-order valence-electron chi connectivity index (χ4n) is 4.16. The molecular formula is C24H30O2. The van der Waals surface area contributed by atoms with E-state index in [0.717, 1.165) is 37.7 Å². The standard InChI is InChI=1S/C24H30O2/c1-3-5-17(4-2)23-16-21(12-15-24(23)26)20-8-6-18(7-9-20)19-10-13-22(25)14-11-19/h6,8,10-18,20,25-26H,3-5,7,9H2,1-2H3. The van der Waals surface area contributed by atoms with Crippen LogP contribution >= 0.6 is 0 Å². The summed E-state index contributed by atoms with van der Waals surface area (Å²) in [7, 11) is 0. The molecule has 0 fully saturated rings. The highest BCUT2D eigenvalue weighted by atomic mass is 16.3. The Bertz CT molecular complexity index is 745. The van der Waals surface area contributed by atoms with Gasteiger partial charge in [-0.05, 0) is 66.5 Å². The molecule has 1 aliphatic carbocycles. The molecule has 1 aliphatic rings. The van der Waals surface area contributed by atoms with Crippen molar-refractivity contribution in [3.05, 3.63) is 71.3 Å². The van der Waals surface area contributed by atoms with Crippen LogP contribution in [0, 0.1) is 0 Å². The van der Waals surface area contributed by atoms with Gasteiger partial charge in [0.1, 0.15) is 11.5 Å². The van der Waals surface area contributed by atoms with E-state index in [2.05, 4.69) is 38.1 Å². The first-order valence-electron chi connectivity index (χ1n) is 9.92. The molecular weight excluding hydrogens is 320 g/mol. The van der Waals surface area contributed by atoms with Crippen LogP contribution in [0.25, 0.3) is 0 Å². The van der Waals surface area contributed by atoms with Crippen LogP contribution in [0.3, 0.4) is 0 Å². The van der Waals surface area contributed by atoms with E-state index in [1.807, 2.05) is 18.2 Å². The molecule has 0 amide bonds. The molecule has 2 aromatic rings. The molecule has 0 heterocycles. The zero-order valence-electron chi connectivity index (χ0n) is 15.9. The Morgan fingerprint density at radius 3 is 2.08 bits per heavy atom. The Kier molecular flexibility index (Phi) is 6.03. The highest BCUT2D eigenvalue weighted by molar-refractivity contribution is 5.42. The number of benzene rings is 2. The largest absolute Gasteiger partial charge is 0.508 e. The Labute approximate surface area is 157 Å². The maximum absolute atomic E-state index is 10.3. The van der Waals surface area contributed by atoms with Crippen molar-refractivity contribution in [2.75, 3.05) is 0 Å². The average Bonchev–Trinajstić information content (AvgIpc) is 2.67. The average molecular weight is 351 g/mol. The third-order valence-corrected chi connectivity index (χ3v) is 5.74. The van der Waals surface area contributed by atoms with Crippen LogP contribution in [-0.2, 0) is 0 Å². The highest BCUT2D eigenvalue weighted by Crippen LogP contribution is 2.39. The van der Waals surface area contributed by atoms with Gasteiger partial charge in [0.15, 0.2) is 0 Å². The molecule has 138 valence electrons. The van der Waals surface area contributed by atoms with E-state index in [4.69, 9.17) is 0 Å². The second-order valence-electron chi connectivity index (χ2n) is 7.48. The fraction of sp³-hybridized carbons (Fsp3) is 0.417. The van der Waals surface area contributed by atoms with E-state index in [0.29, 0.717) is 29.3 Å². The van der Waals surface area contributed by atoms with Crippen molar-refractivity contribution in [2.24, 2.45) is 0 Å². The van der Waals surface area contributed by atoms with E-state index in [1.165, 1.54) is 11.1 Å². The summed E-state index contributed by atoms with van der Waals surface area (Å²) in [5.74, 6) is 2.04. The molecule has 3 rings (SSSR count). The Balaban J connectivity index is 1.78. The van der Waals surface area contributed by atoms with Gasteiger partial charge in [0, 0.05) is 11.8 Å². The van der Waals surface area contributed by atoms with Crippen molar-refractivity contribution in [3.8, 4) is 11.5 Å². The summed E-state index contributed by atoms with van der Waals surface area (Å²) in [5.41, 5.74) is 3.69. The number of hydrogen-bond acceptors (Lipinski definition) is 2. The maximum atomic E-state index is 10.3. The molecule has 0 radical (unpaired) electrons. The third kappa shape index (κ3) is 4.12. The lowest BCUT2D eigenvalue weighted by Crippen LogP contribution is -2.07. The Hall–Kier alpha value is -2.22. The SMILES string of the molecule is CCCC(CC)c1cc(C2C=CC(c3ccc(O)cc3)CC2)ccc1O. The lowest BCUT2D eigenvalue weighted by molar-refractivity contribution is 0.453. The molecule has 0 aliphatic heterocycles. The summed E-state index contributed by atoms with van der Waals surface area (Å²) in [6, 6.07) is 13.7. The van der Waals surface area contributed by atoms with Crippen LogP contribution in [0.4, 0.5) is 0 Å². The van der Waals surface area contributed by atoms with Gasteiger partial charge < -0.3 is 10.2 Å². The van der Waals surface area contributed by atoms with E-state index >= 15 is 0 Å². The number of phenolic OH excluding ortho intramolecular Hbond substituents is 2. The van der Waals surface area contributed by atoms with Gasteiger partial charge in [0.25, 0.3) is 0 Å². The van der Waals surface area contributed by atoms with Crippen LogP contribution in [0.2, 0.25) is 0 Å². The molecule has 3 atom stereocenters. The van der Waals surface area contributed by atoms with Crippen LogP contribution < -0.4 is 0 Å². The second kappa shape index (κ2) is 8.44. The smallest absolute Gasteiger partial charge is 0.119 e. The van der Waals surface area contributed by atoms with Crippen LogP contribution in [-0.4, -0.2) is 10.2 Å². The van der Waals surface area contributed by atoms with Crippen LogP contribution in [0.15, 0.2) is 54.6 Å². The molecule has 26 heavy (non-hydrogen) atoms. The normalized spacial score (nSPS) is 20.8. The first-order valence-corrected chi connectivity index (χ1v) is 9.92. The van der Waals surface area contributed by atoms with Crippen molar-refractivity contribution in [2.45, 2.75) is 63.7 Å². The minimum absolute atomic E-state index is 0.320. The predicted molar refractivity (Wildman–Crippen MR) is 108 cm³/mol. The highest BCUT2D eigenvalue weighted by Gasteiger charge is 2.21. The number of hydrogen-bond donors (Lipinski definition) is 2. The molecule has 0 aromatic heterocycles. The summed E-state index contributed by atoms with van der Waals surface area (Å²) in [6.07, 6.45) is 10.2. The first kappa shape index (κ1) is 18.6. The van der Waals surface area contributed by atoms with Gasteiger partial charge in [-0.1, -0.05) is 56.7 Å². The van der Waals surface area contributed by atoms with Crippen LogP contribution in [0.5, 0.6) is 11.5 Å². The second-order valence-corrected chi connectivity index (χ2v) is 7.48. The number of allylic oxidation sites excluding steroid dienone is 2. The summed E-state index contributed by atoms with van der Waals surface area (Å²) >= 11 is 0. The molecule has 0 bridgehead atoms. The maximum Gasteiger partial charge on any atom is 0.119 e. The quantitative estimate of drug-likeness (QED) is 0.576. The lowest BCUT2D eigenvalue weighted by atomic mass is 9.80. The third-order valence-electron chi connectivity index (χ3n) is 5.74. The van der Waals surface area contributed by atoms with Gasteiger partial charge in [-0.15, -0.1) is 0 Å². The van der Waals surface area contributed by atoms with Crippen molar-refractivity contribution in [1.82, 2.24) is 0 Å². The summed E-state index contributed by atoms with van der Waals surface area (Å²) < 4.78 is 0. The monoisotopic (exact) mass is 350 g/mol. The van der Waals surface area contributed by atoms with Gasteiger partial charge in [-0.3, -0.25) is 0 Å². The molecule has 2 nitrogen and oxygen atoms in total. The van der Waals surface area contributed by atoms with Gasteiger partial charge in [-0.25, -0.2) is 0 Å². The van der Waals surface area contributed by atoms with E-state index < -0.39 is 0 Å². The molecule has 2 N–H and O–H groups in total. The number of aromatic hydroxyl groups is 2. The van der Waals surface area contributed by atoms with Gasteiger partial charge in [0.2, 0.25) is 0 Å². The zero-order valence-corrected chi connectivity index (χ0v) is 15.9. The van der Waals surface area contributed by atoms with Crippen LogP contribution in [0.1, 0.15) is 80.4 Å². The number of rotatable bonds is 6. The van der Waals surface area contributed by atoms with E-state index in [1.54, 1.807) is 12.1 Å². The fourth-order valence-corrected chi connectivity index (χ4v) is 4.16. The molecule has 0 spiro atoms. The molecule has 3 unspecified atom stereocenters. The van der Waals surface area contributed by atoms with Gasteiger partial charge >= 0.3 is 0 Å². The molecule has 0 saturated heterocycles. The van der Waals surface area contributed by atoms with Crippen molar-refractivity contribution >= 4 is 0 Å². The zero-order chi connectivity index (χ0) is 18.5. The van der Waals surface area contributed by atoms with Crippen molar-refractivity contribution in [3.63, 3.8) is 0 Å². The minimum atomic E-state index is 0.320. The van der Waals surface area contributed by atoms with Crippen molar-refractivity contribution in [1.29, 1.82) is 0 Å². The molecule has 2 aromatic carbocycles. The summed E-state index contributed by atoms with van der Waals surface area (Å²) in [5, 5.41) is 19.8. The Morgan fingerprint density at radius 2 is 1.50 bits per heavy atom. The predicted octanol–water partition coefficient (Wildman–Crippen LogP) is 6.61. The Morgan fingerprint density at radius 1 is 0.885 bits per heavy atom. The first-order chi connectivity index (χ1) is 12.6. The van der Waals surface area contributed by atoms with Gasteiger partial charge in [-0.2, -0.15) is 0 Å². The van der Waals surface area contributed by atoms with Gasteiger partial charge in [0.05, 0.1) is 0 Å². The minimum Gasteiger partial charge on any atom is -0.508 e. The summed E-state index contributed by atoms with van der Waals surface area (Å²) in [6.45, 7) is 4.41. The van der Waals surface area contributed by atoms with E-state index in [-0.39, 0.29) is 0 Å². The summed E-state index contributed by atoms with van der Waals surface area (Å²) in [4.78, 5) is 0. The lowest BCUT2D eigenvalue weighted by Gasteiger charge is -2.25. The molecule has 0 saturated carbocycles. The number of phenols is 2. The molecule has 2 heteroatoms. The topological polar surface area (TPSA) is 40.5 Å².